The van der Waals surface area contributed by atoms with Crippen molar-refractivity contribution in [1.29, 1.82) is 0 Å². The van der Waals surface area contributed by atoms with Gasteiger partial charge in [-0.05, 0) is 96.9 Å². The number of hydrogen-bond donors (Lipinski definition) is 7. The first-order valence-corrected chi connectivity index (χ1v) is 17.3. The van der Waals surface area contributed by atoms with E-state index >= 15 is 0 Å². The molecule has 1 saturated heterocycles. The third kappa shape index (κ3) is 5.34. The van der Waals surface area contributed by atoms with E-state index in [4.69, 9.17) is 9.47 Å². The largest absolute Gasteiger partial charge is 0.432 e. The minimum absolute atomic E-state index is 0.0842. The number of allylic oxidation sites excluding steroid dienone is 3. The van der Waals surface area contributed by atoms with Crippen molar-refractivity contribution in [3.05, 3.63) is 23.8 Å². The zero-order valence-electron chi connectivity index (χ0n) is 28.6. The van der Waals surface area contributed by atoms with E-state index in [2.05, 4.69) is 46.8 Å². The molecule has 4 aliphatic carbocycles. The van der Waals surface area contributed by atoms with E-state index in [1.165, 1.54) is 0 Å². The van der Waals surface area contributed by atoms with E-state index in [0.29, 0.717) is 32.1 Å². The number of aliphatic hydroxyl groups excluding tert-OH is 7. The molecule has 0 spiro atoms. The molecule has 0 amide bonds. The van der Waals surface area contributed by atoms with Crippen LogP contribution in [0.15, 0.2) is 23.8 Å². The summed E-state index contributed by atoms with van der Waals surface area (Å²) in [6.45, 7) is 14.1. The SMILES string of the molecule is CC(O)C(C)CCC1(C(=O)OC2OC(CO)C(O)C(O)C2O)C=C2C=CC3C4(C)CC(O)C(O)C(C)(C)C4CCC3(C)C2(C)CC1. The lowest BCUT2D eigenvalue weighted by Gasteiger charge is -2.69. The Morgan fingerprint density at radius 3 is 2.30 bits per heavy atom. The third-order valence-electron chi connectivity index (χ3n) is 14.0. The van der Waals surface area contributed by atoms with Gasteiger partial charge in [0, 0.05) is 0 Å². The highest BCUT2D eigenvalue weighted by Crippen LogP contribution is 2.72. The maximum atomic E-state index is 14.2. The summed E-state index contributed by atoms with van der Waals surface area (Å²) in [6, 6.07) is 0. The molecule has 0 bridgehead atoms. The number of ether oxygens (including phenoxy) is 2. The van der Waals surface area contributed by atoms with Crippen LogP contribution in [-0.4, -0.2) is 97.3 Å². The lowest BCUT2D eigenvalue weighted by atomic mass is 9.36. The number of aliphatic hydroxyl groups is 7. The number of fused-ring (bicyclic) bond motifs is 5. The number of carbonyl (C=O) groups is 1. The first-order valence-electron chi connectivity index (χ1n) is 17.3. The maximum Gasteiger partial charge on any atom is 0.318 e. The highest BCUT2D eigenvalue weighted by molar-refractivity contribution is 5.80. The monoisotopic (exact) mass is 650 g/mol. The second-order valence-corrected chi connectivity index (χ2v) is 16.8. The Morgan fingerprint density at radius 2 is 1.67 bits per heavy atom. The molecule has 3 fully saturated rings. The second kappa shape index (κ2) is 12.2. The van der Waals surface area contributed by atoms with Gasteiger partial charge in [0.05, 0.1) is 30.3 Å². The molecule has 1 heterocycles. The average molecular weight is 651 g/mol. The van der Waals surface area contributed by atoms with Crippen molar-refractivity contribution in [2.75, 3.05) is 6.61 Å². The van der Waals surface area contributed by atoms with Gasteiger partial charge in [0.2, 0.25) is 6.29 Å². The molecule has 0 aromatic heterocycles. The Labute approximate surface area is 273 Å². The number of esters is 1. The van der Waals surface area contributed by atoms with Gasteiger partial charge in [-0.15, -0.1) is 0 Å². The summed E-state index contributed by atoms with van der Waals surface area (Å²) in [5.74, 6) is -0.328. The molecular formula is C36H58O10. The van der Waals surface area contributed by atoms with E-state index in [1.54, 1.807) is 6.92 Å². The minimum atomic E-state index is -1.70. The standard InChI is InChI=1S/C36H58O10/c1-19(20(2)38)10-13-36(31(44)46-30-28(42)27(41)26(40)23(18-37)45-30)15-14-34(6)21(16-36)8-9-25-33(5)17-22(39)29(43)32(3,4)24(33)11-12-35(25,34)7/h8-9,16,19-20,22-30,37-43H,10-15,17-18H2,1-7H3. The Hall–Kier alpha value is -1.37. The van der Waals surface area contributed by atoms with Crippen LogP contribution in [0.5, 0.6) is 0 Å². The lowest BCUT2D eigenvalue weighted by Crippen LogP contribution is -2.65. The molecule has 5 aliphatic rings. The molecule has 7 N–H and O–H groups in total. The second-order valence-electron chi connectivity index (χ2n) is 16.8. The Balaban J connectivity index is 1.52. The van der Waals surface area contributed by atoms with Crippen molar-refractivity contribution in [3.63, 3.8) is 0 Å². The predicted molar refractivity (Wildman–Crippen MR) is 170 cm³/mol. The van der Waals surface area contributed by atoms with Gasteiger partial charge in [0.25, 0.3) is 0 Å². The van der Waals surface area contributed by atoms with Crippen molar-refractivity contribution in [2.24, 2.45) is 44.8 Å². The molecule has 10 nitrogen and oxygen atoms in total. The summed E-state index contributed by atoms with van der Waals surface area (Å²) >= 11 is 0. The molecule has 46 heavy (non-hydrogen) atoms. The van der Waals surface area contributed by atoms with Gasteiger partial charge < -0.3 is 45.2 Å². The average Bonchev–Trinajstić information content (AvgIpc) is 2.99. The van der Waals surface area contributed by atoms with E-state index in [-0.39, 0.29) is 34.0 Å². The van der Waals surface area contributed by atoms with Crippen LogP contribution in [0.25, 0.3) is 0 Å². The van der Waals surface area contributed by atoms with E-state index in [9.17, 15) is 40.5 Å². The smallest absolute Gasteiger partial charge is 0.318 e. The van der Waals surface area contributed by atoms with Crippen molar-refractivity contribution in [3.8, 4) is 0 Å². The van der Waals surface area contributed by atoms with Crippen LogP contribution in [0.1, 0.15) is 93.4 Å². The molecule has 15 atom stereocenters. The van der Waals surface area contributed by atoms with Crippen LogP contribution in [0.2, 0.25) is 0 Å². The first-order chi connectivity index (χ1) is 21.3. The molecule has 0 aromatic rings. The zero-order valence-corrected chi connectivity index (χ0v) is 28.6. The van der Waals surface area contributed by atoms with Crippen LogP contribution in [0, 0.1) is 44.8 Å². The van der Waals surface area contributed by atoms with Crippen LogP contribution >= 0.6 is 0 Å². The van der Waals surface area contributed by atoms with Crippen molar-refractivity contribution < 1.29 is 50.0 Å². The summed E-state index contributed by atoms with van der Waals surface area (Å²) in [5.41, 5.74) is -1.21. The number of rotatable bonds is 7. The van der Waals surface area contributed by atoms with Gasteiger partial charge in [-0.1, -0.05) is 59.8 Å². The maximum absolute atomic E-state index is 14.2. The molecule has 2 saturated carbocycles. The minimum Gasteiger partial charge on any atom is -0.432 e. The third-order valence-corrected chi connectivity index (χ3v) is 14.0. The lowest BCUT2D eigenvalue weighted by molar-refractivity contribution is -0.295. The van der Waals surface area contributed by atoms with Gasteiger partial charge in [-0.3, -0.25) is 4.79 Å². The van der Waals surface area contributed by atoms with E-state index in [0.717, 1.165) is 18.4 Å². The summed E-state index contributed by atoms with van der Waals surface area (Å²) < 4.78 is 11.3. The fraction of sp³-hybridized carbons (Fsp3) is 0.861. The van der Waals surface area contributed by atoms with E-state index < -0.39 is 72.4 Å². The van der Waals surface area contributed by atoms with Crippen molar-refractivity contribution in [2.45, 2.75) is 142 Å². The van der Waals surface area contributed by atoms with E-state index in [1.807, 2.05) is 13.0 Å². The molecule has 0 radical (unpaired) electrons. The molecule has 0 aromatic carbocycles. The normalized spacial score (nSPS) is 49.5. The molecule has 10 heteroatoms. The Kier molecular flexibility index (Phi) is 9.52. The van der Waals surface area contributed by atoms with Gasteiger partial charge in [0.15, 0.2) is 0 Å². The summed E-state index contributed by atoms with van der Waals surface area (Å²) in [4.78, 5) is 14.2. The fourth-order valence-corrected chi connectivity index (χ4v) is 10.4. The van der Waals surface area contributed by atoms with Gasteiger partial charge >= 0.3 is 5.97 Å². The molecule has 1 aliphatic heterocycles. The fourth-order valence-electron chi connectivity index (χ4n) is 10.4. The van der Waals surface area contributed by atoms with Crippen molar-refractivity contribution >= 4 is 5.97 Å². The molecular weight excluding hydrogens is 592 g/mol. The zero-order chi connectivity index (χ0) is 34.2. The van der Waals surface area contributed by atoms with Crippen LogP contribution in [-0.2, 0) is 14.3 Å². The summed E-state index contributed by atoms with van der Waals surface area (Å²) in [5, 5.41) is 73.1. The molecule has 5 rings (SSSR count). The first kappa shape index (κ1) is 35.9. The van der Waals surface area contributed by atoms with Crippen molar-refractivity contribution in [1.82, 2.24) is 0 Å². The molecule has 262 valence electrons. The van der Waals surface area contributed by atoms with Crippen LogP contribution in [0.4, 0.5) is 0 Å². The highest BCUT2D eigenvalue weighted by Gasteiger charge is 2.67. The Morgan fingerprint density at radius 1 is 1.00 bits per heavy atom. The number of carbonyl (C=O) groups excluding carboxylic acids is 1. The Bertz CT molecular complexity index is 1210. The van der Waals surface area contributed by atoms with Crippen LogP contribution in [0.3, 0.4) is 0 Å². The van der Waals surface area contributed by atoms with Crippen LogP contribution < -0.4 is 0 Å². The quantitative estimate of drug-likeness (QED) is 0.203. The summed E-state index contributed by atoms with van der Waals surface area (Å²) in [7, 11) is 0. The highest BCUT2D eigenvalue weighted by atomic mass is 16.7. The van der Waals surface area contributed by atoms with Gasteiger partial charge in [-0.25, -0.2) is 0 Å². The van der Waals surface area contributed by atoms with Gasteiger partial charge in [-0.2, -0.15) is 0 Å². The molecule has 15 unspecified atom stereocenters. The summed E-state index contributed by atoms with van der Waals surface area (Å²) in [6.07, 6.45) is 1.02. The predicted octanol–water partition coefficient (Wildman–Crippen LogP) is 2.60. The van der Waals surface area contributed by atoms with Gasteiger partial charge in [0.1, 0.15) is 24.4 Å². The topological polar surface area (TPSA) is 177 Å². The number of hydrogen-bond acceptors (Lipinski definition) is 10.